The lowest BCUT2D eigenvalue weighted by Gasteiger charge is -2.18. The fraction of sp³-hybridized carbons (Fsp3) is 0.444. The van der Waals surface area contributed by atoms with Crippen molar-refractivity contribution in [2.24, 2.45) is 0 Å². The Hall–Kier alpha value is -1.29. The molecule has 2 N–H and O–H groups in total. The van der Waals surface area contributed by atoms with Crippen LogP contribution in [0.2, 0.25) is 0 Å². The molecule has 1 aliphatic heterocycles. The quantitative estimate of drug-likeness (QED) is 0.674. The molecule has 13 heavy (non-hydrogen) atoms. The third kappa shape index (κ3) is 1.33. The molecule has 1 aromatic rings. The fourth-order valence-corrected chi connectivity index (χ4v) is 1.68. The molecular weight excluding hydrogens is 170 g/mol. The van der Waals surface area contributed by atoms with Crippen LogP contribution in [0.25, 0.3) is 0 Å². The minimum absolute atomic E-state index is 0.457. The summed E-state index contributed by atoms with van der Waals surface area (Å²) in [6.45, 7) is 2.95. The van der Waals surface area contributed by atoms with E-state index >= 15 is 0 Å². The van der Waals surface area contributed by atoms with Crippen molar-refractivity contribution in [1.29, 1.82) is 0 Å². The number of nitrogens with one attached hydrogen (secondary N) is 1. The van der Waals surface area contributed by atoms with Crippen LogP contribution in [0.1, 0.15) is 23.0 Å². The fourth-order valence-electron chi connectivity index (χ4n) is 1.68. The van der Waals surface area contributed by atoms with Crippen molar-refractivity contribution in [2.45, 2.75) is 19.4 Å². The third-order valence-corrected chi connectivity index (χ3v) is 2.27. The molecule has 1 aromatic heterocycles. The van der Waals surface area contributed by atoms with Crippen molar-refractivity contribution in [2.75, 3.05) is 6.54 Å². The second-order valence-corrected chi connectivity index (χ2v) is 3.26. The normalized spacial score (nSPS) is 21.2. The van der Waals surface area contributed by atoms with Crippen molar-refractivity contribution in [1.82, 2.24) is 5.32 Å². The van der Waals surface area contributed by atoms with Gasteiger partial charge in [-0.05, 0) is 13.0 Å². The van der Waals surface area contributed by atoms with Gasteiger partial charge in [0, 0.05) is 12.1 Å². The summed E-state index contributed by atoms with van der Waals surface area (Å²) < 4.78 is 5.36. The molecule has 0 bridgehead atoms. The van der Waals surface area contributed by atoms with Crippen LogP contribution in [0.3, 0.4) is 0 Å². The van der Waals surface area contributed by atoms with E-state index in [9.17, 15) is 4.79 Å². The van der Waals surface area contributed by atoms with E-state index in [1.165, 1.54) is 0 Å². The summed E-state index contributed by atoms with van der Waals surface area (Å²) in [6, 6.07) is 1.81. The summed E-state index contributed by atoms with van der Waals surface area (Å²) in [4.78, 5) is 10.8. The first-order valence-corrected chi connectivity index (χ1v) is 4.21. The molecule has 4 nitrogen and oxygen atoms in total. The van der Waals surface area contributed by atoms with Gasteiger partial charge < -0.3 is 14.8 Å². The first-order valence-electron chi connectivity index (χ1n) is 4.21. The van der Waals surface area contributed by atoms with E-state index < -0.39 is 11.9 Å². The maximum atomic E-state index is 10.8. The van der Waals surface area contributed by atoms with E-state index in [4.69, 9.17) is 9.52 Å². The largest absolute Gasteiger partial charge is 0.481 e. The Morgan fingerprint density at radius 3 is 3.23 bits per heavy atom. The average Bonchev–Trinajstić information content (AvgIpc) is 2.43. The van der Waals surface area contributed by atoms with Gasteiger partial charge in [-0.2, -0.15) is 0 Å². The predicted molar refractivity (Wildman–Crippen MR) is 45.5 cm³/mol. The Labute approximate surface area is 75.6 Å². The van der Waals surface area contributed by atoms with Crippen molar-refractivity contribution in [3.8, 4) is 0 Å². The number of aryl methyl sites for hydroxylation is 1. The van der Waals surface area contributed by atoms with Gasteiger partial charge in [0.1, 0.15) is 11.5 Å². The maximum Gasteiger partial charge on any atom is 0.312 e. The Bertz CT molecular complexity index is 343. The minimum atomic E-state index is -0.797. The number of rotatable bonds is 1. The average molecular weight is 181 g/mol. The Balaban J connectivity index is 2.41. The molecule has 2 heterocycles. The molecule has 0 saturated heterocycles. The lowest BCUT2D eigenvalue weighted by atomic mass is 9.96. The highest BCUT2D eigenvalue weighted by molar-refractivity contribution is 5.77. The van der Waals surface area contributed by atoms with Crippen molar-refractivity contribution in [3.05, 3.63) is 23.2 Å². The van der Waals surface area contributed by atoms with Crippen molar-refractivity contribution < 1.29 is 14.3 Å². The number of hydrogen-bond acceptors (Lipinski definition) is 3. The summed E-state index contributed by atoms with van der Waals surface area (Å²) in [5.74, 6) is 0.284. The second-order valence-electron chi connectivity index (χ2n) is 3.26. The molecule has 0 amide bonds. The molecule has 1 aliphatic rings. The van der Waals surface area contributed by atoms with Crippen LogP contribution in [0, 0.1) is 6.92 Å². The van der Waals surface area contributed by atoms with Crippen LogP contribution < -0.4 is 5.32 Å². The lowest BCUT2D eigenvalue weighted by molar-refractivity contribution is -0.138. The third-order valence-electron chi connectivity index (χ3n) is 2.27. The van der Waals surface area contributed by atoms with Gasteiger partial charge >= 0.3 is 5.97 Å². The number of furan rings is 1. The zero-order valence-corrected chi connectivity index (χ0v) is 7.33. The van der Waals surface area contributed by atoms with E-state index in [2.05, 4.69) is 5.32 Å². The highest BCUT2D eigenvalue weighted by Gasteiger charge is 2.28. The molecule has 1 atom stereocenters. The summed E-state index contributed by atoms with van der Waals surface area (Å²) in [5, 5.41) is 11.9. The Kier molecular flexibility index (Phi) is 1.84. The molecular formula is C9H11NO3. The van der Waals surface area contributed by atoms with Gasteiger partial charge in [-0.25, -0.2) is 0 Å². The number of carbonyl (C=O) groups is 1. The van der Waals surface area contributed by atoms with Crippen molar-refractivity contribution in [3.63, 3.8) is 0 Å². The molecule has 4 heteroatoms. The van der Waals surface area contributed by atoms with Crippen LogP contribution in [0.15, 0.2) is 10.5 Å². The Morgan fingerprint density at radius 2 is 2.54 bits per heavy atom. The molecule has 0 aliphatic carbocycles. The molecule has 0 radical (unpaired) electrons. The molecule has 70 valence electrons. The van der Waals surface area contributed by atoms with E-state index in [0.29, 0.717) is 13.1 Å². The highest BCUT2D eigenvalue weighted by atomic mass is 16.4. The summed E-state index contributed by atoms with van der Waals surface area (Å²) in [5.41, 5.74) is 0.823. The zero-order chi connectivity index (χ0) is 9.42. The van der Waals surface area contributed by atoms with Crippen LogP contribution in [-0.4, -0.2) is 17.6 Å². The molecule has 0 spiro atoms. The van der Waals surface area contributed by atoms with Gasteiger partial charge in [0.2, 0.25) is 0 Å². The molecule has 0 fully saturated rings. The number of carboxylic acid groups (broad SMARTS) is 1. The number of carboxylic acids is 1. The summed E-state index contributed by atoms with van der Waals surface area (Å²) in [7, 11) is 0. The lowest BCUT2D eigenvalue weighted by Crippen LogP contribution is -2.31. The van der Waals surface area contributed by atoms with Crippen LogP contribution >= 0.6 is 0 Å². The van der Waals surface area contributed by atoms with Gasteiger partial charge in [0.15, 0.2) is 0 Å². The molecule has 0 saturated carbocycles. The SMILES string of the molecule is Cc1cc2c(o1)CNCC2C(=O)O. The van der Waals surface area contributed by atoms with Gasteiger partial charge in [-0.1, -0.05) is 0 Å². The van der Waals surface area contributed by atoms with E-state index in [0.717, 1.165) is 17.1 Å². The number of fused-ring (bicyclic) bond motifs is 1. The van der Waals surface area contributed by atoms with E-state index in [1.807, 2.05) is 13.0 Å². The highest BCUT2D eigenvalue weighted by Crippen LogP contribution is 2.26. The van der Waals surface area contributed by atoms with E-state index in [-0.39, 0.29) is 0 Å². The first-order chi connectivity index (χ1) is 6.18. The monoisotopic (exact) mass is 181 g/mol. The van der Waals surface area contributed by atoms with Crippen LogP contribution in [0.4, 0.5) is 0 Å². The summed E-state index contributed by atoms with van der Waals surface area (Å²) >= 11 is 0. The van der Waals surface area contributed by atoms with Crippen LogP contribution in [0.5, 0.6) is 0 Å². The molecule has 1 unspecified atom stereocenters. The van der Waals surface area contributed by atoms with Gasteiger partial charge in [0.25, 0.3) is 0 Å². The van der Waals surface area contributed by atoms with Gasteiger partial charge in [-0.3, -0.25) is 4.79 Å². The first kappa shape index (κ1) is 8.31. The second kappa shape index (κ2) is 2.88. The molecule has 0 aromatic carbocycles. The van der Waals surface area contributed by atoms with Crippen LogP contribution in [-0.2, 0) is 11.3 Å². The van der Waals surface area contributed by atoms with Gasteiger partial charge in [0.05, 0.1) is 12.5 Å². The van der Waals surface area contributed by atoms with Crippen molar-refractivity contribution >= 4 is 5.97 Å². The standard InChI is InChI=1S/C9H11NO3/c1-5-2-6-7(9(11)12)3-10-4-8(6)13-5/h2,7,10H,3-4H2,1H3,(H,11,12). The topological polar surface area (TPSA) is 62.5 Å². The smallest absolute Gasteiger partial charge is 0.312 e. The van der Waals surface area contributed by atoms with Gasteiger partial charge in [-0.15, -0.1) is 0 Å². The zero-order valence-electron chi connectivity index (χ0n) is 7.33. The number of aliphatic carboxylic acids is 1. The summed E-state index contributed by atoms with van der Waals surface area (Å²) in [6.07, 6.45) is 0. The number of hydrogen-bond donors (Lipinski definition) is 2. The molecule has 2 rings (SSSR count). The predicted octanol–water partition coefficient (Wildman–Crippen LogP) is 0.859. The maximum absolute atomic E-state index is 10.8. The van der Waals surface area contributed by atoms with E-state index in [1.54, 1.807) is 0 Å². The minimum Gasteiger partial charge on any atom is -0.481 e. The Morgan fingerprint density at radius 1 is 1.77 bits per heavy atom.